The lowest BCUT2D eigenvalue weighted by Gasteiger charge is -2.27. The van der Waals surface area contributed by atoms with Crippen molar-refractivity contribution >= 4 is 5.84 Å². The number of hydrazine groups is 1. The molecule has 2 rings (SSSR count). The molecule has 1 aliphatic carbocycles. The molecule has 0 radical (unpaired) electrons. The zero-order chi connectivity index (χ0) is 11.4. The van der Waals surface area contributed by atoms with Gasteiger partial charge in [0.1, 0.15) is 11.4 Å². The quantitative estimate of drug-likeness (QED) is 0.326. The minimum absolute atomic E-state index is 0.272. The topological polar surface area (TPSA) is 59.6 Å². The number of amidine groups is 1. The molecule has 2 fully saturated rings. The average Bonchev–Trinajstić information content (AvgIpc) is 2.75. The van der Waals surface area contributed by atoms with Crippen LogP contribution < -0.4 is 11.3 Å². The van der Waals surface area contributed by atoms with Crippen LogP contribution in [0.25, 0.3) is 0 Å². The molecular formula is C12H23N3O. The first-order chi connectivity index (χ1) is 7.74. The summed E-state index contributed by atoms with van der Waals surface area (Å²) in [5.41, 5.74) is 2.49. The lowest BCUT2D eigenvalue weighted by atomic mass is 9.95. The molecule has 16 heavy (non-hydrogen) atoms. The summed E-state index contributed by atoms with van der Waals surface area (Å²) in [6.07, 6.45) is 8.45. The van der Waals surface area contributed by atoms with E-state index in [4.69, 9.17) is 15.6 Å². The predicted octanol–water partition coefficient (Wildman–Crippen LogP) is 1.75. The van der Waals surface area contributed by atoms with Gasteiger partial charge in [-0.1, -0.05) is 19.3 Å². The maximum atomic E-state index is 5.76. The monoisotopic (exact) mass is 225 g/mol. The van der Waals surface area contributed by atoms with Gasteiger partial charge in [0.15, 0.2) is 0 Å². The van der Waals surface area contributed by atoms with E-state index in [1.54, 1.807) is 0 Å². The second-order valence-electron chi connectivity index (χ2n) is 5.10. The highest BCUT2D eigenvalue weighted by atomic mass is 16.5. The molecule has 2 aliphatic rings. The van der Waals surface area contributed by atoms with Gasteiger partial charge < -0.3 is 10.2 Å². The van der Waals surface area contributed by atoms with Crippen LogP contribution in [0.1, 0.15) is 51.9 Å². The predicted molar refractivity (Wildman–Crippen MR) is 65.2 cm³/mol. The molecular weight excluding hydrogens is 202 g/mol. The SMILES string of the molecule is CC1(C(=NC2CCCCC2)NN)CCCO1. The second kappa shape index (κ2) is 5.15. The van der Waals surface area contributed by atoms with Crippen molar-refractivity contribution in [2.75, 3.05) is 6.61 Å². The Bertz CT molecular complexity index is 253. The first kappa shape index (κ1) is 11.9. The van der Waals surface area contributed by atoms with E-state index in [1.807, 2.05) is 0 Å². The fourth-order valence-electron chi connectivity index (χ4n) is 2.69. The van der Waals surface area contributed by atoms with E-state index in [-0.39, 0.29) is 5.60 Å². The molecule has 1 saturated carbocycles. The number of nitrogens with one attached hydrogen (secondary N) is 1. The highest BCUT2D eigenvalue weighted by Crippen LogP contribution is 2.27. The van der Waals surface area contributed by atoms with Crippen molar-refractivity contribution in [3.8, 4) is 0 Å². The van der Waals surface area contributed by atoms with Crippen LogP contribution in [0.15, 0.2) is 4.99 Å². The number of nitrogens with zero attached hydrogens (tertiary/aromatic N) is 1. The van der Waals surface area contributed by atoms with Crippen LogP contribution >= 0.6 is 0 Å². The minimum atomic E-state index is -0.272. The van der Waals surface area contributed by atoms with E-state index in [1.165, 1.54) is 32.1 Å². The lowest BCUT2D eigenvalue weighted by molar-refractivity contribution is 0.0741. The maximum Gasteiger partial charge on any atom is 0.143 e. The fraction of sp³-hybridized carbons (Fsp3) is 0.917. The summed E-state index contributed by atoms with van der Waals surface area (Å²) in [6.45, 7) is 2.91. The van der Waals surface area contributed by atoms with Crippen molar-refractivity contribution in [1.29, 1.82) is 0 Å². The molecule has 0 aromatic heterocycles. The Labute approximate surface area is 97.6 Å². The summed E-state index contributed by atoms with van der Waals surface area (Å²) >= 11 is 0. The fourth-order valence-corrected chi connectivity index (χ4v) is 2.69. The Morgan fingerprint density at radius 3 is 2.62 bits per heavy atom. The molecule has 1 atom stereocenters. The third-order valence-corrected chi connectivity index (χ3v) is 3.74. The molecule has 4 heteroatoms. The Kier molecular flexibility index (Phi) is 3.82. The minimum Gasteiger partial charge on any atom is -0.367 e. The van der Waals surface area contributed by atoms with Crippen LogP contribution in [-0.2, 0) is 4.74 Å². The summed E-state index contributed by atoms with van der Waals surface area (Å²) in [7, 11) is 0. The second-order valence-corrected chi connectivity index (χ2v) is 5.10. The first-order valence-electron chi connectivity index (χ1n) is 6.43. The number of hydrogen-bond acceptors (Lipinski definition) is 3. The Morgan fingerprint density at radius 1 is 1.31 bits per heavy atom. The number of ether oxygens (including phenoxy) is 1. The van der Waals surface area contributed by atoms with E-state index in [0.29, 0.717) is 6.04 Å². The number of hydrogen-bond donors (Lipinski definition) is 2. The van der Waals surface area contributed by atoms with Crippen molar-refractivity contribution in [3.05, 3.63) is 0 Å². The highest BCUT2D eigenvalue weighted by molar-refractivity contribution is 5.90. The molecule has 1 saturated heterocycles. The molecule has 1 heterocycles. The van der Waals surface area contributed by atoms with Crippen LogP contribution in [0, 0.1) is 0 Å². The summed E-state index contributed by atoms with van der Waals surface area (Å²) in [6, 6.07) is 0.445. The van der Waals surface area contributed by atoms with Crippen molar-refractivity contribution < 1.29 is 4.74 Å². The summed E-state index contributed by atoms with van der Waals surface area (Å²) < 4.78 is 5.76. The van der Waals surface area contributed by atoms with Crippen molar-refractivity contribution in [1.82, 2.24) is 5.43 Å². The molecule has 1 unspecified atom stereocenters. The summed E-state index contributed by atoms with van der Waals surface area (Å²) in [4.78, 5) is 4.76. The smallest absolute Gasteiger partial charge is 0.143 e. The standard InChI is InChI=1S/C12H23N3O/c1-12(8-5-9-16-12)11(15-13)14-10-6-3-2-4-7-10/h10H,2-9,13H2,1H3,(H,14,15). The van der Waals surface area contributed by atoms with Crippen molar-refractivity contribution in [2.45, 2.75) is 63.5 Å². The van der Waals surface area contributed by atoms with E-state index in [2.05, 4.69) is 12.3 Å². The molecule has 0 spiro atoms. The number of rotatable bonds is 2. The van der Waals surface area contributed by atoms with Crippen LogP contribution in [-0.4, -0.2) is 24.1 Å². The molecule has 0 aromatic carbocycles. The highest BCUT2D eigenvalue weighted by Gasteiger charge is 2.35. The van der Waals surface area contributed by atoms with E-state index in [9.17, 15) is 0 Å². The van der Waals surface area contributed by atoms with Gasteiger partial charge in [-0.15, -0.1) is 0 Å². The molecule has 0 aromatic rings. The van der Waals surface area contributed by atoms with Gasteiger partial charge >= 0.3 is 0 Å². The summed E-state index contributed by atoms with van der Waals surface area (Å²) in [5, 5.41) is 0. The molecule has 92 valence electrons. The molecule has 1 aliphatic heterocycles. The lowest BCUT2D eigenvalue weighted by Crippen LogP contribution is -2.48. The number of nitrogens with two attached hydrogens (primary N) is 1. The van der Waals surface area contributed by atoms with E-state index in [0.717, 1.165) is 25.3 Å². The van der Waals surface area contributed by atoms with Gasteiger partial charge in [0.25, 0.3) is 0 Å². The molecule has 3 N–H and O–H groups in total. The van der Waals surface area contributed by atoms with Crippen LogP contribution in [0.3, 0.4) is 0 Å². The zero-order valence-electron chi connectivity index (χ0n) is 10.2. The van der Waals surface area contributed by atoms with Crippen LogP contribution in [0.5, 0.6) is 0 Å². The van der Waals surface area contributed by atoms with Gasteiger partial charge in [0.05, 0.1) is 6.04 Å². The van der Waals surface area contributed by atoms with Crippen molar-refractivity contribution in [3.63, 3.8) is 0 Å². The van der Waals surface area contributed by atoms with Gasteiger partial charge in [0, 0.05) is 6.61 Å². The molecule has 0 bridgehead atoms. The van der Waals surface area contributed by atoms with E-state index < -0.39 is 0 Å². The average molecular weight is 225 g/mol. The first-order valence-corrected chi connectivity index (χ1v) is 6.43. The third-order valence-electron chi connectivity index (χ3n) is 3.74. The number of aliphatic imine (C=N–C) groups is 1. The molecule has 0 amide bonds. The largest absolute Gasteiger partial charge is 0.367 e. The Balaban J connectivity index is 2.04. The van der Waals surface area contributed by atoms with Gasteiger partial charge in [-0.25, -0.2) is 5.84 Å². The molecule has 4 nitrogen and oxygen atoms in total. The van der Waals surface area contributed by atoms with Crippen LogP contribution in [0.2, 0.25) is 0 Å². The Morgan fingerprint density at radius 2 is 2.06 bits per heavy atom. The van der Waals surface area contributed by atoms with Crippen LogP contribution in [0.4, 0.5) is 0 Å². The van der Waals surface area contributed by atoms with Gasteiger partial charge in [-0.2, -0.15) is 0 Å². The van der Waals surface area contributed by atoms with E-state index >= 15 is 0 Å². The van der Waals surface area contributed by atoms with Gasteiger partial charge in [-0.05, 0) is 32.6 Å². The van der Waals surface area contributed by atoms with Crippen molar-refractivity contribution in [2.24, 2.45) is 10.8 Å². The zero-order valence-corrected chi connectivity index (χ0v) is 10.2. The summed E-state index contributed by atoms with van der Waals surface area (Å²) in [5.74, 6) is 6.44. The Hall–Kier alpha value is -0.610. The third kappa shape index (κ3) is 2.55. The van der Waals surface area contributed by atoms with Gasteiger partial charge in [0.2, 0.25) is 0 Å². The van der Waals surface area contributed by atoms with Gasteiger partial charge in [-0.3, -0.25) is 4.99 Å². The normalized spacial score (nSPS) is 33.0. The maximum absolute atomic E-state index is 5.76.